The molecule has 32 heavy (non-hydrogen) atoms. The van der Waals surface area contributed by atoms with Crippen molar-refractivity contribution in [1.29, 1.82) is 0 Å². The fourth-order valence-electron chi connectivity index (χ4n) is 3.69. The third-order valence-electron chi connectivity index (χ3n) is 5.17. The molecule has 3 aromatic carbocycles. The molecule has 1 saturated heterocycles. The van der Waals surface area contributed by atoms with Crippen LogP contribution in [-0.2, 0) is 9.59 Å². The number of carbonyl (C=O) groups excluding carboxylic acids is 2. The predicted molar refractivity (Wildman–Crippen MR) is 128 cm³/mol. The number of nitrogens with zero attached hydrogens (tertiary/aromatic N) is 1. The summed E-state index contributed by atoms with van der Waals surface area (Å²) in [4.78, 5) is 27.6. The SMILES string of the molecule is CCOc1ccc(C2/C(=C(\O)c3ccc(Br)cc3)C(=O)C(=O)N2c2ccc(Cl)cc2)cc1. The first-order chi connectivity index (χ1) is 15.4. The van der Waals surface area contributed by atoms with Gasteiger partial charge in [-0.15, -0.1) is 0 Å². The molecule has 0 spiro atoms. The number of ether oxygens (including phenoxy) is 1. The maximum atomic E-state index is 13.1. The van der Waals surface area contributed by atoms with Crippen LogP contribution in [0.25, 0.3) is 5.76 Å². The normalized spacial score (nSPS) is 17.6. The summed E-state index contributed by atoms with van der Waals surface area (Å²) in [6, 6.07) is 19.9. The second kappa shape index (κ2) is 9.18. The second-order valence-corrected chi connectivity index (χ2v) is 8.51. The van der Waals surface area contributed by atoms with E-state index in [1.54, 1.807) is 72.8 Å². The van der Waals surface area contributed by atoms with Crippen molar-refractivity contribution in [3.63, 3.8) is 0 Å². The number of rotatable bonds is 5. The number of ketones is 1. The highest BCUT2D eigenvalue weighted by Crippen LogP contribution is 2.42. The molecule has 5 nitrogen and oxygen atoms in total. The summed E-state index contributed by atoms with van der Waals surface area (Å²) in [7, 11) is 0. The van der Waals surface area contributed by atoms with Crippen molar-refractivity contribution in [1.82, 2.24) is 0 Å². The van der Waals surface area contributed by atoms with Gasteiger partial charge in [-0.2, -0.15) is 0 Å². The van der Waals surface area contributed by atoms with E-state index in [0.29, 0.717) is 34.2 Å². The van der Waals surface area contributed by atoms with Crippen LogP contribution in [0.2, 0.25) is 5.02 Å². The maximum absolute atomic E-state index is 13.1. The van der Waals surface area contributed by atoms with E-state index in [9.17, 15) is 14.7 Å². The van der Waals surface area contributed by atoms with Crippen molar-refractivity contribution in [2.24, 2.45) is 0 Å². The molecule has 162 valence electrons. The minimum absolute atomic E-state index is 0.0245. The first-order valence-electron chi connectivity index (χ1n) is 9.96. The third-order valence-corrected chi connectivity index (χ3v) is 5.95. The van der Waals surface area contributed by atoms with Gasteiger partial charge >= 0.3 is 0 Å². The largest absolute Gasteiger partial charge is 0.507 e. The Morgan fingerprint density at radius 2 is 1.62 bits per heavy atom. The number of aliphatic hydroxyl groups is 1. The third kappa shape index (κ3) is 4.16. The zero-order valence-corrected chi connectivity index (χ0v) is 19.4. The summed E-state index contributed by atoms with van der Waals surface area (Å²) in [5, 5.41) is 11.6. The second-order valence-electron chi connectivity index (χ2n) is 7.15. The number of aliphatic hydroxyl groups excluding tert-OH is 1. The molecule has 1 aliphatic rings. The number of hydrogen-bond acceptors (Lipinski definition) is 4. The first kappa shape index (κ1) is 22.1. The Hall–Kier alpha value is -3.09. The molecular weight excluding hydrogens is 494 g/mol. The fourth-order valence-corrected chi connectivity index (χ4v) is 4.08. The molecule has 0 aliphatic carbocycles. The Morgan fingerprint density at radius 3 is 2.22 bits per heavy atom. The van der Waals surface area contributed by atoms with Gasteiger partial charge < -0.3 is 9.84 Å². The number of carbonyl (C=O) groups is 2. The van der Waals surface area contributed by atoms with Crippen LogP contribution in [0.15, 0.2) is 82.8 Å². The van der Waals surface area contributed by atoms with Gasteiger partial charge in [0.15, 0.2) is 0 Å². The van der Waals surface area contributed by atoms with Gasteiger partial charge in [0, 0.05) is 20.7 Å². The van der Waals surface area contributed by atoms with E-state index >= 15 is 0 Å². The number of benzene rings is 3. The average molecular weight is 513 g/mol. The van der Waals surface area contributed by atoms with Crippen LogP contribution in [0.1, 0.15) is 24.1 Å². The minimum Gasteiger partial charge on any atom is -0.507 e. The van der Waals surface area contributed by atoms with E-state index in [2.05, 4.69) is 15.9 Å². The van der Waals surface area contributed by atoms with E-state index in [1.807, 2.05) is 6.92 Å². The topological polar surface area (TPSA) is 66.8 Å². The Labute approximate surface area is 199 Å². The van der Waals surface area contributed by atoms with Crippen molar-refractivity contribution in [3.05, 3.63) is 99.0 Å². The zero-order valence-electron chi connectivity index (χ0n) is 17.1. The van der Waals surface area contributed by atoms with Crippen molar-refractivity contribution in [2.45, 2.75) is 13.0 Å². The highest BCUT2D eigenvalue weighted by Gasteiger charge is 2.46. The lowest BCUT2D eigenvalue weighted by molar-refractivity contribution is -0.132. The number of Topliss-reactive ketones (excluding diaryl/α,β-unsaturated/α-hetero) is 1. The monoisotopic (exact) mass is 511 g/mol. The first-order valence-corrected chi connectivity index (χ1v) is 11.1. The molecule has 1 heterocycles. The summed E-state index contributed by atoms with van der Waals surface area (Å²) in [5.74, 6) is -1.03. The van der Waals surface area contributed by atoms with Gasteiger partial charge in [-0.05, 0) is 61.0 Å². The molecule has 4 rings (SSSR count). The van der Waals surface area contributed by atoms with Crippen molar-refractivity contribution < 1.29 is 19.4 Å². The van der Waals surface area contributed by atoms with Gasteiger partial charge in [0.2, 0.25) is 0 Å². The molecule has 1 aliphatic heterocycles. The summed E-state index contributed by atoms with van der Waals surface area (Å²) < 4.78 is 6.35. The van der Waals surface area contributed by atoms with Crippen molar-refractivity contribution >= 4 is 50.7 Å². The van der Waals surface area contributed by atoms with Gasteiger partial charge in [0.05, 0.1) is 18.2 Å². The van der Waals surface area contributed by atoms with E-state index in [-0.39, 0.29) is 11.3 Å². The van der Waals surface area contributed by atoms with Gasteiger partial charge in [-0.25, -0.2) is 0 Å². The van der Waals surface area contributed by atoms with E-state index in [4.69, 9.17) is 16.3 Å². The molecule has 0 aromatic heterocycles. The molecular formula is C25H19BrClNO4. The molecule has 1 unspecified atom stereocenters. The lowest BCUT2D eigenvalue weighted by atomic mass is 9.95. The Kier molecular flexibility index (Phi) is 6.35. The molecule has 1 N–H and O–H groups in total. The van der Waals surface area contributed by atoms with Crippen LogP contribution in [0.4, 0.5) is 5.69 Å². The van der Waals surface area contributed by atoms with Gasteiger partial charge in [-0.3, -0.25) is 14.5 Å². The molecule has 3 aromatic rings. The Balaban J connectivity index is 1.89. The van der Waals surface area contributed by atoms with Crippen LogP contribution in [-0.4, -0.2) is 23.4 Å². The van der Waals surface area contributed by atoms with Crippen LogP contribution < -0.4 is 9.64 Å². The number of anilines is 1. The smallest absolute Gasteiger partial charge is 0.300 e. The highest BCUT2D eigenvalue weighted by molar-refractivity contribution is 9.10. The molecule has 1 amide bonds. The lowest BCUT2D eigenvalue weighted by Gasteiger charge is -2.25. The van der Waals surface area contributed by atoms with Gasteiger partial charge in [-0.1, -0.05) is 51.8 Å². The van der Waals surface area contributed by atoms with Crippen LogP contribution in [0.5, 0.6) is 5.75 Å². The zero-order chi connectivity index (χ0) is 22.8. The lowest BCUT2D eigenvalue weighted by Crippen LogP contribution is -2.29. The Morgan fingerprint density at radius 1 is 1.00 bits per heavy atom. The molecule has 0 radical (unpaired) electrons. The predicted octanol–water partition coefficient (Wildman–Crippen LogP) is 6.13. The molecule has 1 atom stereocenters. The van der Waals surface area contributed by atoms with E-state index in [1.165, 1.54) is 4.90 Å². The number of halogens is 2. The summed E-state index contributed by atoms with van der Waals surface area (Å²) in [5.41, 5.74) is 1.64. The molecule has 7 heteroatoms. The van der Waals surface area contributed by atoms with Crippen LogP contribution in [0, 0.1) is 0 Å². The summed E-state index contributed by atoms with van der Waals surface area (Å²) in [6.45, 7) is 2.41. The minimum atomic E-state index is -0.810. The van der Waals surface area contributed by atoms with Crippen LogP contribution >= 0.6 is 27.5 Å². The van der Waals surface area contributed by atoms with Gasteiger partial charge in [0.1, 0.15) is 11.5 Å². The standard InChI is InChI=1S/C25H19BrClNO4/c1-2-32-20-13-5-15(6-14-20)22-21(23(29)16-3-7-17(26)8-4-16)24(30)25(31)28(22)19-11-9-18(27)10-12-19/h3-14,22,29H,2H2,1H3/b23-21+. The van der Waals surface area contributed by atoms with E-state index < -0.39 is 17.7 Å². The highest BCUT2D eigenvalue weighted by atomic mass is 79.9. The maximum Gasteiger partial charge on any atom is 0.300 e. The quantitative estimate of drug-likeness (QED) is 0.254. The summed E-state index contributed by atoms with van der Waals surface area (Å²) >= 11 is 9.38. The van der Waals surface area contributed by atoms with E-state index in [0.717, 1.165) is 4.47 Å². The van der Waals surface area contributed by atoms with Crippen LogP contribution in [0.3, 0.4) is 0 Å². The van der Waals surface area contributed by atoms with Gasteiger partial charge in [0.25, 0.3) is 11.7 Å². The van der Waals surface area contributed by atoms with Crippen molar-refractivity contribution in [2.75, 3.05) is 11.5 Å². The molecule has 0 saturated carbocycles. The summed E-state index contributed by atoms with van der Waals surface area (Å²) in [6.07, 6.45) is 0. The Bertz CT molecular complexity index is 1190. The number of amides is 1. The number of hydrogen-bond donors (Lipinski definition) is 1. The molecule has 0 bridgehead atoms. The molecule has 1 fully saturated rings. The van der Waals surface area contributed by atoms with Crippen molar-refractivity contribution in [3.8, 4) is 5.75 Å². The average Bonchev–Trinajstić information content (AvgIpc) is 3.06. The fraction of sp³-hybridized carbons (Fsp3) is 0.120.